The lowest BCUT2D eigenvalue weighted by atomic mass is 9.99. The number of halogens is 1. The predicted molar refractivity (Wildman–Crippen MR) is 82.1 cm³/mol. The number of methoxy groups -OCH3 is 1. The molecule has 1 unspecified atom stereocenters. The van der Waals surface area contributed by atoms with Crippen molar-refractivity contribution in [2.24, 2.45) is 0 Å². The molecule has 1 N–H and O–H groups in total. The van der Waals surface area contributed by atoms with Gasteiger partial charge in [0.05, 0.1) is 18.0 Å². The molecule has 1 aromatic carbocycles. The first-order valence-electron chi connectivity index (χ1n) is 6.78. The third kappa shape index (κ3) is 3.19. The van der Waals surface area contributed by atoms with Gasteiger partial charge in [-0.1, -0.05) is 13.0 Å². The molecule has 4 heteroatoms. The van der Waals surface area contributed by atoms with Crippen molar-refractivity contribution in [2.45, 2.75) is 26.3 Å². The maximum atomic E-state index is 13.3. The Hall–Kier alpha value is -1.39. The van der Waals surface area contributed by atoms with Gasteiger partial charge < -0.3 is 10.1 Å². The molecule has 0 aliphatic heterocycles. The summed E-state index contributed by atoms with van der Waals surface area (Å²) in [6, 6.07) is 6.97. The molecule has 0 saturated carbocycles. The first-order chi connectivity index (χ1) is 9.67. The van der Waals surface area contributed by atoms with Crippen LogP contribution in [-0.2, 0) is 0 Å². The molecule has 2 nitrogen and oxygen atoms in total. The van der Waals surface area contributed by atoms with Crippen molar-refractivity contribution in [3.8, 4) is 5.75 Å². The first-order valence-corrected chi connectivity index (χ1v) is 7.66. The first kappa shape index (κ1) is 15.0. The van der Waals surface area contributed by atoms with Gasteiger partial charge in [0, 0.05) is 0 Å². The Bertz CT molecular complexity index is 567. The highest BCUT2D eigenvalue weighted by Crippen LogP contribution is 2.36. The molecule has 0 amide bonds. The van der Waals surface area contributed by atoms with Crippen LogP contribution in [0.3, 0.4) is 0 Å². The molecular weight excluding hydrogens is 273 g/mol. The van der Waals surface area contributed by atoms with E-state index in [0.29, 0.717) is 0 Å². The molecule has 0 aliphatic carbocycles. The third-order valence-corrected chi connectivity index (χ3v) is 4.24. The van der Waals surface area contributed by atoms with Crippen LogP contribution in [0.5, 0.6) is 5.75 Å². The molecule has 0 spiro atoms. The Labute approximate surface area is 123 Å². The van der Waals surface area contributed by atoms with Crippen molar-refractivity contribution in [3.05, 3.63) is 51.5 Å². The number of hydrogen-bond acceptors (Lipinski definition) is 3. The average molecular weight is 293 g/mol. The molecule has 0 fully saturated rings. The van der Waals surface area contributed by atoms with Crippen molar-refractivity contribution >= 4 is 11.3 Å². The summed E-state index contributed by atoms with van der Waals surface area (Å²) in [5, 5.41) is 5.55. The molecule has 1 aromatic heterocycles. The number of aryl methyl sites for hydroxylation is 1. The Balaban J connectivity index is 2.41. The van der Waals surface area contributed by atoms with Crippen LogP contribution in [0.25, 0.3) is 0 Å². The fourth-order valence-corrected chi connectivity index (χ4v) is 3.24. The van der Waals surface area contributed by atoms with Gasteiger partial charge in [-0.15, -0.1) is 11.3 Å². The minimum absolute atomic E-state index is 0.0468. The Kier molecular flexibility index (Phi) is 5.15. The minimum atomic E-state index is -0.196. The van der Waals surface area contributed by atoms with Crippen LogP contribution in [-0.4, -0.2) is 13.7 Å². The van der Waals surface area contributed by atoms with Gasteiger partial charge in [0.25, 0.3) is 0 Å². The second-order valence-corrected chi connectivity index (χ2v) is 5.69. The molecule has 108 valence electrons. The van der Waals surface area contributed by atoms with E-state index in [1.165, 1.54) is 6.07 Å². The van der Waals surface area contributed by atoms with E-state index in [9.17, 15) is 4.39 Å². The van der Waals surface area contributed by atoms with Gasteiger partial charge in [-0.3, -0.25) is 0 Å². The fraction of sp³-hybridized carbons (Fsp3) is 0.375. The van der Waals surface area contributed by atoms with Gasteiger partial charge in [0.15, 0.2) is 0 Å². The normalized spacial score (nSPS) is 12.4. The molecule has 2 rings (SSSR count). The van der Waals surface area contributed by atoms with E-state index in [4.69, 9.17) is 4.74 Å². The highest BCUT2D eigenvalue weighted by Gasteiger charge is 2.20. The molecule has 1 atom stereocenters. The van der Waals surface area contributed by atoms with Gasteiger partial charge in [-0.05, 0) is 54.6 Å². The minimum Gasteiger partial charge on any atom is -0.496 e. The third-order valence-electron chi connectivity index (χ3n) is 3.28. The average Bonchev–Trinajstić information content (AvgIpc) is 2.89. The van der Waals surface area contributed by atoms with E-state index in [0.717, 1.165) is 34.7 Å². The largest absolute Gasteiger partial charge is 0.496 e. The fourth-order valence-electron chi connectivity index (χ4n) is 2.28. The van der Waals surface area contributed by atoms with Crippen LogP contribution in [0.4, 0.5) is 4.39 Å². The van der Waals surface area contributed by atoms with E-state index < -0.39 is 0 Å². The SMILES string of the molecule is CCCNC(c1ccc(F)cc1C)c1sccc1OC. The van der Waals surface area contributed by atoms with E-state index in [-0.39, 0.29) is 11.9 Å². The van der Waals surface area contributed by atoms with Crippen LogP contribution >= 0.6 is 11.3 Å². The zero-order valence-electron chi connectivity index (χ0n) is 12.1. The van der Waals surface area contributed by atoms with Gasteiger partial charge in [0.1, 0.15) is 11.6 Å². The van der Waals surface area contributed by atoms with Gasteiger partial charge in [0.2, 0.25) is 0 Å². The Morgan fingerprint density at radius 2 is 2.15 bits per heavy atom. The van der Waals surface area contributed by atoms with Crippen LogP contribution in [0, 0.1) is 12.7 Å². The number of benzene rings is 1. The second-order valence-electron chi connectivity index (χ2n) is 4.74. The topological polar surface area (TPSA) is 21.3 Å². The van der Waals surface area contributed by atoms with Crippen LogP contribution in [0.1, 0.15) is 35.4 Å². The van der Waals surface area contributed by atoms with Gasteiger partial charge in [-0.25, -0.2) is 4.39 Å². The van der Waals surface area contributed by atoms with E-state index >= 15 is 0 Å². The van der Waals surface area contributed by atoms with Crippen molar-refractivity contribution in [2.75, 3.05) is 13.7 Å². The summed E-state index contributed by atoms with van der Waals surface area (Å²) in [7, 11) is 1.68. The zero-order valence-corrected chi connectivity index (χ0v) is 12.9. The summed E-state index contributed by atoms with van der Waals surface area (Å²) >= 11 is 1.66. The summed E-state index contributed by atoms with van der Waals surface area (Å²) in [6.45, 7) is 4.98. The van der Waals surface area contributed by atoms with E-state index in [2.05, 4.69) is 12.2 Å². The molecule has 0 radical (unpaired) electrons. The highest BCUT2D eigenvalue weighted by molar-refractivity contribution is 7.10. The van der Waals surface area contributed by atoms with Crippen molar-refractivity contribution in [1.29, 1.82) is 0 Å². The number of rotatable bonds is 6. The van der Waals surface area contributed by atoms with Gasteiger partial charge >= 0.3 is 0 Å². The van der Waals surface area contributed by atoms with E-state index in [1.807, 2.05) is 24.4 Å². The summed E-state index contributed by atoms with van der Waals surface area (Å²) in [6.07, 6.45) is 1.05. The summed E-state index contributed by atoms with van der Waals surface area (Å²) < 4.78 is 18.7. The molecule has 0 aliphatic rings. The van der Waals surface area contributed by atoms with Crippen molar-refractivity contribution in [3.63, 3.8) is 0 Å². The van der Waals surface area contributed by atoms with Crippen molar-refractivity contribution in [1.82, 2.24) is 5.32 Å². The lowest BCUT2D eigenvalue weighted by Crippen LogP contribution is -2.23. The molecular formula is C16H20FNOS. The monoisotopic (exact) mass is 293 g/mol. The molecule has 2 aromatic rings. The molecule has 0 saturated heterocycles. The number of hydrogen-bond donors (Lipinski definition) is 1. The standard InChI is InChI=1S/C16H20FNOS/c1-4-8-18-15(16-14(19-3)7-9-20-16)13-6-5-12(17)10-11(13)2/h5-7,9-10,15,18H,4,8H2,1-3H3. The maximum Gasteiger partial charge on any atom is 0.134 e. The molecule has 0 bridgehead atoms. The van der Waals surface area contributed by atoms with Crippen molar-refractivity contribution < 1.29 is 9.13 Å². The van der Waals surface area contributed by atoms with Gasteiger partial charge in [-0.2, -0.15) is 0 Å². The Morgan fingerprint density at radius 1 is 1.35 bits per heavy atom. The molecule has 1 heterocycles. The predicted octanol–water partition coefficient (Wildman–Crippen LogP) is 4.29. The summed E-state index contributed by atoms with van der Waals surface area (Å²) in [5.74, 6) is 0.686. The molecule has 20 heavy (non-hydrogen) atoms. The lowest BCUT2D eigenvalue weighted by molar-refractivity contribution is 0.407. The second kappa shape index (κ2) is 6.86. The van der Waals surface area contributed by atoms with Crippen LogP contribution in [0.15, 0.2) is 29.6 Å². The summed E-state index contributed by atoms with van der Waals surface area (Å²) in [5.41, 5.74) is 2.05. The quantitative estimate of drug-likeness (QED) is 0.857. The highest BCUT2D eigenvalue weighted by atomic mass is 32.1. The maximum absolute atomic E-state index is 13.3. The smallest absolute Gasteiger partial charge is 0.134 e. The number of thiophene rings is 1. The number of nitrogens with one attached hydrogen (secondary N) is 1. The summed E-state index contributed by atoms with van der Waals surface area (Å²) in [4.78, 5) is 1.13. The Morgan fingerprint density at radius 3 is 2.80 bits per heavy atom. The van der Waals surface area contributed by atoms with E-state index in [1.54, 1.807) is 24.5 Å². The van der Waals surface area contributed by atoms with Crippen LogP contribution < -0.4 is 10.1 Å². The lowest BCUT2D eigenvalue weighted by Gasteiger charge is -2.21. The number of ether oxygens (including phenoxy) is 1. The van der Waals surface area contributed by atoms with Crippen LogP contribution in [0.2, 0.25) is 0 Å². The zero-order chi connectivity index (χ0) is 14.5.